The van der Waals surface area contributed by atoms with E-state index in [0.717, 1.165) is 14.4 Å². The van der Waals surface area contributed by atoms with E-state index < -0.39 is 15.9 Å². The maximum atomic E-state index is 13.0. The molecule has 3 aromatic rings. The minimum atomic E-state index is -4.01. The molecule has 0 radical (unpaired) electrons. The van der Waals surface area contributed by atoms with Crippen molar-refractivity contribution >= 4 is 49.0 Å². The van der Waals surface area contributed by atoms with Crippen molar-refractivity contribution in [1.29, 1.82) is 0 Å². The van der Waals surface area contributed by atoms with Gasteiger partial charge in [-0.25, -0.2) is 12.7 Å². The molecule has 1 amide bonds. The maximum Gasteiger partial charge on any atom is 0.269 e. The van der Waals surface area contributed by atoms with Gasteiger partial charge >= 0.3 is 0 Å². The summed E-state index contributed by atoms with van der Waals surface area (Å²) in [7, 11) is -1.18. The van der Waals surface area contributed by atoms with Crippen molar-refractivity contribution in [3.8, 4) is 11.5 Å². The molecule has 0 atom stereocenters. The molecule has 9 heteroatoms. The third kappa shape index (κ3) is 2.67. The van der Waals surface area contributed by atoms with E-state index in [4.69, 9.17) is 21.1 Å². The second-order valence-corrected chi connectivity index (χ2v) is 9.20. The summed E-state index contributed by atoms with van der Waals surface area (Å²) >= 11 is 7.79. The number of ether oxygens (including phenoxy) is 2. The number of hydrogen-bond donors (Lipinski definition) is 0. The number of halogens is 1. The lowest BCUT2D eigenvalue weighted by molar-refractivity contribution is 0.0865. The fraction of sp³-hybridized carbons (Fsp3) is 0.167. The molecule has 1 aromatic heterocycles. The van der Waals surface area contributed by atoms with Crippen LogP contribution in [-0.4, -0.2) is 32.8 Å². The quantitative estimate of drug-likeness (QED) is 0.636. The highest BCUT2D eigenvalue weighted by Crippen LogP contribution is 2.42. The first-order chi connectivity index (χ1) is 12.9. The van der Waals surface area contributed by atoms with Gasteiger partial charge in [-0.15, -0.1) is 11.3 Å². The first-order valence-corrected chi connectivity index (χ1v) is 10.5. The van der Waals surface area contributed by atoms with Crippen LogP contribution in [0.15, 0.2) is 41.3 Å². The van der Waals surface area contributed by atoms with Crippen LogP contribution in [0.1, 0.15) is 15.2 Å². The summed E-state index contributed by atoms with van der Waals surface area (Å²) < 4.78 is 38.0. The maximum absolute atomic E-state index is 13.0. The van der Waals surface area contributed by atoms with Crippen LogP contribution in [0.25, 0.3) is 10.1 Å². The minimum absolute atomic E-state index is 0.0601. The Morgan fingerprint density at radius 1 is 1.11 bits per heavy atom. The Kier molecular flexibility index (Phi) is 4.29. The van der Waals surface area contributed by atoms with Gasteiger partial charge in [-0.3, -0.25) is 4.79 Å². The summed E-state index contributed by atoms with van der Waals surface area (Å²) in [5.41, 5.74) is 0.0601. The van der Waals surface area contributed by atoms with E-state index in [1.165, 1.54) is 37.7 Å². The number of amides is 1. The zero-order valence-corrected chi connectivity index (χ0v) is 16.7. The molecule has 1 aliphatic rings. The van der Waals surface area contributed by atoms with Gasteiger partial charge in [0.1, 0.15) is 4.90 Å². The second-order valence-electron chi connectivity index (χ2n) is 5.86. The number of benzene rings is 2. The van der Waals surface area contributed by atoms with Crippen LogP contribution in [0.4, 0.5) is 0 Å². The Morgan fingerprint density at radius 3 is 2.44 bits per heavy atom. The predicted octanol–water partition coefficient (Wildman–Crippen LogP) is 3.92. The van der Waals surface area contributed by atoms with Gasteiger partial charge in [0, 0.05) is 21.0 Å². The van der Waals surface area contributed by atoms with E-state index in [9.17, 15) is 13.2 Å². The zero-order chi connectivity index (χ0) is 19.3. The predicted molar refractivity (Wildman–Crippen MR) is 103 cm³/mol. The largest absolute Gasteiger partial charge is 0.493 e. The molecule has 6 nitrogen and oxygen atoms in total. The molecular weight excluding hydrogens is 410 g/mol. The van der Waals surface area contributed by atoms with Crippen molar-refractivity contribution in [2.45, 2.75) is 11.4 Å². The molecule has 0 fully saturated rings. The van der Waals surface area contributed by atoms with Crippen molar-refractivity contribution in [3.63, 3.8) is 0 Å². The molecule has 0 unspecified atom stereocenters. The van der Waals surface area contributed by atoms with Crippen LogP contribution in [0.2, 0.25) is 5.02 Å². The van der Waals surface area contributed by atoms with Gasteiger partial charge in [0.15, 0.2) is 11.5 Å². The molecule has 1 aliphatic heterocycles. The van der Waals surface area contributed by atoms with Crippen LogP contribution in [-0.2, 0) is 16.6 Å². The zero-order valence-electron chi connectivity index (χ0n) is 14.4. The lowest BCUT2D eigenvalue weighted by atomic mass is 10.2. The van der Waals surface area contributed by atoms with Gasteiger partial charge in [0.25, 0.3) is 15.9 Å². The number of nitrogens with zero attached hydrogens (tertiary/aromatic N) is 1. The first-order valence-electron chi connectivity index (χ1n) is 7.87. The van der Waals surface area contributed by atoms with Crippen molar-refractivity contribution in [2.75, 3.05) is 14.2 Å². The molecule has 2 heterocycles. The normalized spacial score (nSPS) is 15.2. The number of carbonyl (C=O) groups excluding carboxylic acids is 1. The van der Waals surface area contributed by atoms with E-state index in [2.05, 4.69) is 0 Å². The van der Waals surface area contributed by atoms with Crippen LogP contribution in [0.3, 0.4) is 0 Å². The van der Waals surface area contributed by atoms with E-state index in [1.54, 1.807) is 0 Å². The summed E-state index contributed by atoms with van der Waals surface area (Å²) in [5.74, 6) is -0.0737. The molecule has 2 aromatic carbocycles. The fourth-order valence-corrected chi connectivity index (χ4v) is 6.15. The smallest absolute Gasteiger partial charge is 0.269 e. The monoisotopic (exact) mass is 423 g/mol. The first kappa shape index (κ1) is 18.1. The van der Waals surface area contributed by atoms with E-state index in [-0.39, 0.29) is 22.8 Å². The number of sulfonamides is 1. The molecule has 0 saturated carbocycles. The van der Waals surface area contributed by atoms with Gasteiger partial charge in [-0.1, -0.05) is 29.8 Å². The standard InChI is InChI=1S/C18H14ClNO5S2/c1-24-12-7-11-16(8-13(12)25-2)27(22,23)20(18(11)21)9-15-17(19)10-5-3-4-6-14(10)26-15/h3-8H,9H2,1-2H3. The Morgan fingerprint density at radius 2 is 1.78 bits per heavy atom. The average molecular weight is 424 g/mol. The Bertz CT molecular complexity index is 1190. The number of hydrogen-bond acceptors (Lipinski definition) is 6. The highest BCUT2D eigenvalue weighted by Gasteiger charge is 2.43. The van der Waals surface area contributed by atoms with E-state index >= 15 is 0 Å². The number of fused-ring (bicyclic) bond motifs is 2. The molecule has 0 bridgehead atoms. The molecule has 0 saturated heterocycles. The second kappa shape index (κ2) is 6.40. The topological polar surface area (TPSA) is 72.9 Å². The van der Waals surface area contributed by atoms with Crippen LogP contribution >= 0.6 is 22.9 Å². The van der Waals surface area contributed by atoms with Gasteiger partial charge in [0.05, 0.1) is 31.4 Å². The number of thiophene rings is 1. The summed E-state index contributed by atoms with van der Waals surface area (Å²) in [5, 5.41) is 1.30. The average Bonchev–Trinajstić information content (AvgIpc) is 3.08. The van der Waals surface area contributed by atoms with Gasteiger partial charge < -0.3 is 9.47 Å². The molecule has 0 N–H and O–H groups in total. The van der Waals surface area contributed by atoms with Crippen molar-refractivity contribution < 1.29 is 22.7 Å². The summed E-state index contributed by atoms with van der Waals surface area (Å²) in [6.07, 6.45) is 0. The lowest BCUT2D eigenvalue weighted by Gasteiger charge is -2.14. The molecule has 140 valence electrons. The Balaban J connectivity index is 1.80. The molecule has 4 rings (SSSR count). The van der Waals surface area contributed by atoms with E-state index in [1.807, 2.05) is 24.3 Å². The Hall–Kier alpha value is -2.29. The number of carbonyl (C=O) groups is 1. The van der Waals surface area contributed by atoms with Crippen molar-refractivity contribution in [1.82, 2.24) is 4.31 Å². The third-order valence-electron chi connectivity index (χ3n) is 4.40. The summed E-state index contributed by atoms with van der Waals surface area (Å²) in [6.45, 7) is -0.126. The van der Waals surface area contributed by atoms with Gasteiger partial charge in [-0.05, 0) is 12.1 Å². The lowest BCUT2D eigenvalue weighted by Crippen LogP contribution is -2.29. The molecule has 0 aliphatic carbocycles. The highest BCUT2D eigenvalue weighted by atomic mass is 35.5. The van der Waals surface area contributed by atoms with Crippen LogP contribution < -0.4 is 9.47 Å². The third-order valence-corrected chi connectivity index (χ3v) is 7.87. The number of methoxy groups -OCH3 is 2. The molecular formula is C18H14ClNO5S2. The summed E-state index contributed by atoms with van der Waals surface area (Å²) in [4.78, 5) is 13.3. The Labute approximate surface area is 164 Å². The highest BCUT2D eigenvalue weighted by molar-refractivity contribution is 7.90. The number of rotatable bonds is 4. The van der Waals surface area contributed by atoms with Crippen molar-refractivity contribution in [3.05, 3.63) is 51.9 Å². The fourth-order valence-electron chi connectivity index (χ4n) is 3.06. The van der Waals surface area contributed by atoms with Crippen molar-refractivity contribution in [2.24, 2.45) is 0 Å². The van der Waals surface area contributed by atoms with E-state index in [0.29, 0.717) is 15.6 Å². The van der Waals surface area contributed by atoms with Crippen LogP contribution in [0, 0.1) is 0 Å². The van der Waals surface area contributed by atoms with Crippen LogP contribution in [0.5, 0.6) is 11.5 Å². The van der Waals surface area contributed by atoms with Gasteiger partial charge in [-0.2, -0.15) is 0 Å². The molecule has 27 heavy (non-hydrogen) atoms. The minimum Gasteiger partial charge on any atom is -0.493 e. The SMILES string of the molecule is COc1cc2c(cc1OC)S(=O)(=O)N(Cc1sc3ccccc3c1Cl)C2=O. The van der Waals surface area contributed by atoms with Gasteiger partial charge in [0.2, 0.25) is 0 Å². The molecule has 0 spiro atoms. The summed E-state index contributed by atoms with van der Waals surface area (Å²) in [6, 6.07) is 10.2.